The topological polar surface area (TPSA) is 32.3 Å². The Labute approximate surface area is 104 Å². The normalized spacial score (nSPS) is 15.2. The van der Waals surface area contributed by atoms with Crippen LogP contribution in [-0.4, -0.2) is 23.8 Å². The first-order chi connectivity index (χ1) is 7.03. The van der Waals surface area contributed by atoms with Crippen LogP contribution in [0.1, 0.15) is 25.1 Å². The lowest BCUT2D eigenvalue weighted by Gasteiger charge is -2.21. The minimum Gasteiger partial charge on any atom is -0.389 e. The third-order valence-corrected chi connectivity index (χ3v) is 4.13. The Morgan fingerprint density at radius 2 is 2.27 bits per heavy atom. The van der Waals surface area contributed by atoms with Gasteiger partial charge in [-0.15, -0.1) is 11.3 Å². The highest BCUT2D eigenvalue weighted by molar-refractivity contribution is 9.11. The lowest BCUT2D eigenvalue weighted by molar-refractivity contribution is 0.0562. The molecule has 0 aromatic carbocycles. The van der Waals surface area contributed by atoms with Gasteiger partial charge in [0.2, 0.25) is 0 Å². The monoisotopic (exact) mass is 291 g/mol. The molecule has 86 valence electrons. The smallest absolute Gasteiger partial charge is 0.0740 e. The van der Waals surface area contributed by atoms with Gasteiger partial charge in [-0.3, -0.25) is 0 Å². The van der Waals surface area contributed by atoms with E-state index in [0.29, 0.717) is 6.54 Å². The molecule has 1 atom stereocenters. The highest BCUT2D eigenvalue weighted by atomic mass is 79.9. The van der Waals surface area contributed by atoms with Gasteiger partial charge in [-0.2, -0.15) is 0 Å². The average molecular weight is 292 g/mol. The molecule has 0 bridgehead atoms. The Morgan fingerprint density at radius 1 is 1.53 bits per heavy atom. The zero-order valence-electron chi connectivity index (χ0n) is 9.22. The number of aliphatic hydroxyl groups is 1. The van der Waals surface area contributed by atoms with Crippen LogP contribution in [0.5, 0.6) is 0 Å². The number of halogens is 1. The lowest BCUT2D eigenvalue weighted by Crippen LogP contribution is -2.37. The molecule has 1 unspecified atom stereocenters. The van der Waals surface area contributed by atoms with Gasteiger partial charge in [-0.05, 0) is 47.8 Å². The van der Waals surface area contributed by atoms with Crippen molar-refractivity contribution in [3.8, 4) is 0 Å². The summed E-state index contributed by atoms with van der Waals surface area (Å²) in [4.78, 5) is 1.37. The molecule has 4 heteroatoms. The second-order valence-corrected chi connectivity index (χ2v) is 6.53. The van der Waals surface area contributed by atoms with Crippen molar-refractivity contribution in [2.24, 2.45) is 0 Å². The van der Waals surface area contributed by atoms with Crippen LogP contribution in [-0.2, 0) is 6.42 Å². The van der Waals surface area contributed by atoms with E-state index in [9.17, 15) is 5.11 Å². The minimum absolute atomic E-state index is 0.573. The van der Waals surface area contributed by atoms with E-state index >= 15 is 0 Å². The summed E-state index contributed by atoms with van der Waals surface area (Å²) >= 11 is 5.21. The fourth-order valence-corrected chi connectivity index (χ4v) is 2.66. The van der Waals surface area contributed by atoms with Crippen molar-refractivity contribution in [1.82, 2.24) is 5.32 Å². The zero-order valence-corrected chi connectivity index (χ0v) is 11.6. The number of hydrogen-bond donors (Lipinski definition) is 2. The Kier molecular flexibility index (Phi) is 5.26. The maximum Gasteiger partial charge on any atom is 0.0740 e. The number of nitrogens with one attached hydrogen (secondary N) is 1. The molecule has 1 aromatic rings. The fourth-order valence-electron chi connectivity index (χ4n) is 1.18. The molecular formula is C11H18BrNOS. The molecule has 0 spiro atoms. The van der Waals surface area contributed by atoms with E-state index in [0.717, 1.165) is 19.4 Å². The van der Waals surface area contributed by atoms with Gasteiger partial charge in [0.15, 0.2) is 0 Å². The van der Waals surface area contributed by atoms with Crippen molar-refractivity contribution in [3.05, 3.63) is 20.8 Å². The summed E-state index contributed by atoms with van der Waals surface area (Å²) in [5.41, 5.74) is -0.573. The van der Waals surface area contributed by atoms with E-state index in [1.54, 1.807) is 11.3 Å². The van der Waals surface area contributed by atoms with Crippen molar-refractivity contribution in [3.63, 3.8) is 0 Å². The van der Waals surface area contributed by atoms with E-state index < -0.39 is 5.60 Å². The first-order valence-corrected chi connectivity index (χ1v) is 6.82. The van der Waals surface area contributed by atoms with Crippen molar-refractivity contribution in [2.45, 2.75) is 32.3 Å². The van der Waals surface area contributed by atoms with Gasteiger partial charge >= 0.3 is 0 Å². The molecule has 2 nitrogen and oxygen atoms in total. The first kappa shape index (κ1) is 13.2. The summed E-state index contributed by atoms with van der Waals surface area (Å²) in [6.45, 7) is 5.44. The van der Waals surface area contributed by atoms with Gasteiger partial charge in [0.1, 0.15) is 0 Å². The molecule has 0 saturated carbocycles. The summed E-state index contributed by atoms with van der Waals surface area (Å²) in [6.07, 6.45) is 1.81. The van der Waals surface area contributed by atoms with E-state index in [4.69, 9.17) is 0 Å². The van der Waals surface area contributed by atoms with Gasteiger partial charge in [0.05, 0.1) is 9.39 Å². The molecule has 15 heavy (non-hydrogen) atoms. The van der Waals surface area contributed by atoms with Gasteiger partial charge in [-0.1, -0.05) is 6.92 Å². The molecule has 0 aliphatic carbocycles. The van der Waals surface area contributed by atoms with E-state index in [1.165, 1.54) is 8.66 Å². The molecule has 0 radical (unpaired) electrons. The third-order valence-electron chi connectivity index (χ3n) is 2.44. The van der Waals surface area contributed by atoms with Crippen molar-refractivity contribution in [1.29, 1.82) is 0 Å². The number of rotatable bonds is 6. The summed E-state index contributed by atoms with van der Waals surface area (Å²) in [5.74, 6) is 0. The molecule has 0 amide bonds. The minimum atomic E-state index is -0.573. The van der Waals surface area contributed by atoms with Crippen molar-refractivity contribution >= 4 is 27.3 Å². The molecule has 0 aliphatic rings. The Morgan fingerprint density at radius 3 is 2.80 bits per heavy atom. The van der Waals surface area contributed by atoms with E-state index in [1.807, 2.05) is 13.8 Å². The molecular weight excluding hydrogens is 274 g/mol. The highest BCUT2D eigenvalue weighted by Crippen LogP contribution is 2.22. The average Bonchev–Trinajstić information content (AvgIpc) is 2.59. The Balaban J connectivity index is 2.17. The predicted molar refractivity (Wildman–Crippen MR) is 69.5 cm³/mol. The van der Waals surface area contributed by atoms with Crippen LogP contribution < -0.4 is 5.32 Å². The largest absolute Gasteiger partial charge is 0.389 e. The first-order valence-electron chi connectivity index (χ1n) is 5.21. The molecule has 1 rings (SSSR count). The Bertz CT molecular complexity index is 299. The molecule has 2 N–H and O–H groups in total. The van der Waals surface area contributed by atoms with Crippen LogP contribution in [0, 0.1) is 0 Å². The maximum atomic E-state index is 9.76. The number of thiophene rings is 1. The summed E-state index contributed by atoms with van der Waals surface area (Å²) in [7, 11) is 0. The zero-order chi connectivity index (χ0) is 11.3. The maximum absolute atomic E-state index is 9.76. The number of hydrogen-bond acceptors (Lipinski definition) is 3. The van der Waals surface area contributed by atoms with Gasteiger partial charge in [0, 0.05) is 18.0 Å². The second-order valence-electron chi connectivity index (χ2n) is 3.98. The van der Waals surface area contributed by atoms with Gasteiger partial charge in [0.25, 0.3) is 0 Å². The standard InChI is InChI=1S/C11H18BrNOS/c1-3-11(2,14)8-13-7-6-9-4-5-10(12)15-9/h4-5,13-14H,3,6-8H2,1-2H3. The second kappa shape index (κ2) is 5.99. The van der Waals surface area contributed by atoms with Gasteiger partial charge < -0.3 is 10.4 Å². The highest BCUT2D eigenvalue weighted by Gasteiger charge is 2.15. The van der Waals surface area contributed by atoms with Crippen LogP contribution in [0.4, 0.5) is 0 Å². The molecule has 1 heterocycles. The van der Waals surface area contributed by atoms with E-state index in [-0.39, 0.29) is 0 Å². The molecule has 0 fully saturated rings. The van der Waals surface area contributed by atoms with E-state index in [2.05, 4.69) is 33.4 Å². The summed E-state index contributed by atoms with van der Waals surface area (Å²) in [5, 5.41) is 13.0. The Hall–Kier alpha value is 0.1000. The van der Waals surface area contributed by atoms with Crippen LogP contribution in [0.3, 0.4) is 0 Å². The van der Waals surface area contributed by atoms with Crippen molar-refractivity contribution < 1.29 is 5.11 Å². The predicted octanol–water partition coefficient (Wildman–Crippen LogP) is 2.80. The van der Waals surface area contributed by atoms with Crippen LogP contribution in [0.2, 0.25) is 0 Å². The summed E-state index contributed by atoms with van der Waals surface area (Å²) < 4.78 is 1.18. The molecule has 0 aliphatic heterocycles. The van der Waals surface area contributed by atoms with Crippen LogP contribution in [0.25, 0.3) is 0 Å². The SMILES string of the molecule is CCC(C)(O)CNCCc1ccc(Br)s1. The molecule has 1 aromatic heterocycles. The van der Waals surface area contributed by atoms with Crippen LogP contribution >= 0.6 is 27.3 Å². The molecule has 0 saturated heterocycles. The lowest BCUT2D eigenvalue weighted by atomic mass is 10.0. The quantitative estimate of drug-likeness (QED) is 0.790. The van der Waals surface area contributed by atoms with Crippen molar-refractivity contribution in [2.75, 3.05) is 13.1 Å². The fraction of sp³-hybridized carbons (Fsp3) is 0.636. The third kappa shape index (κ3) is 5.11. The van der Waals surface area contributed by atoms with Crippen LogP contribution in [0.15, 0.2) is 15.9 Å². The summed E-state index contributed by atoms with van der Waals surface area (Å²) in [6, 6.07) is 4.20. The van der Waals surface area contributed by atoms with Gasteiger partial charge in [-0.25, -0.2) is 0 Å².